The average molecular weight is 215 g/mol. The summed E-state index contributed by atoms with van der Waals surface area (Å²) in [5.74, 6) is 0. The number of nitrogens with one attached hydrogen (secondary N) is 1. The summed E-state index contributed by atoms with van der Waals surface area (Å²) >= 11 is 0. The average Bonchev–Trinajstić information content (AvgIpc) is 2.38. The highest BCUT2D eigenvalue weighted by molar-refractivity contribution is 5.55. The van der Waals surface area contributed by atoms with Crippen LogP contribution < -0.4 is 10.2 Å². The molecule has 0 aromatic heterocycles. The fourth-order valence-electron chi connectivity index (χ4n) is 2.08. The zero-order valence-corrected chi connectivity index (χ0v) is 9.45. The van der Waals surface area contributed by atoms with Crippen molar-refractivity contribution in [3.8, 4) is 6.07 Å². The molecule has 1 aromatic rings. The molecule has 0 spiro atoms. The van der Waals surface area contributed by atoms with Gasteiger partial charge in [-0.05, 0) is 43.5 Å². The fraction of sp³-hybridized carbons (Fsp3) is 0.462. The van der Waals surface area contributed by atoms with Crippen molar-refractivity contribution in [3.05, 3.63) is 24.3 Å². The van der Waals surface area contributed by atoms with Crippen LogP contribution in [-0.4, -0.2) is 19.6 Å². The third kappa shape index (κ3) is 2.66. The number of hydrogen-bond donors (Lipinski definition) is 1. The number of nitrogens with zero attached hydrogens (tertiary/aromatic N) is 2. The van der Waals surface area contributed by atoms with Crippen LogP contribution in [0.25, 0.3) is 0 Å². The van der Waals surface area contributed by atoms with Gasteiger partial charge in [-0.3, -0.25) is 0 Å². The monoisotopic (exact) mass is 215 g/mol. The van der Waals surface area contributed by atoms with E-state index in [1.807, 2.05) is 12.1 Å². The molecule has 1 fully saturated rings. The lowest BCUT2D eigenvalue weighted by atomic mass is 10.1. The van der Waals surface area contributed by atoms with Gasteiger partial charge >= 0.3 is 0 Å². The SMILES string of the molecule is N#CCNc1ccc(N2CCCCC2)cc1. The molecule has 1 aliphatic heterocycles. The lowest BCUT2D eigenvalue weighted by Gasteiger charge is -2.28. The summed E-state index contributed by atoms with van der Waals surface area (Å²) in [6, 6.07) is 10.4. The maximum absolute atomic E-state index is 8.47. The van der Waals surface area contributed by atoms with Gasteiger partial charge in [-0.25, -0.2) is 0 Å². The van der Waals surface area contributed by atoms with E-state index in [9.17, 15) is 0 Å². The maximum Gasteiger partial charge on any atom is 0.103 e. The molecule has 0 amide bonds. The van der Waals surface area contributed by atoms with E-state index in [-0.39, 0.29) is 0 Å². The first-order valence-electron chi connectivity index (χ1n) is 5.86. The Morgan fingerprint density at radius 2 is 1.81 bits per heavy atom. The van der Waals surface area contributed by atoms with Crippen LogP contribution in [-0.2, 0) is 0 Å². The molecule has 3 heteroatoms. The van der Waals surface area contributed by atoms with Gasteiger partial charge in [0.1, 0.15) is 6.54 Å². The van der Waals surface area contributed by atoms with E-state index in [4.69, 9.17) is 5.26 Å². The lowest BCUT2D eigenvalue weighted by molar-refractivity contribution is 0.578. The molecule has 0 aliphatic carbocycles. The molecule has 0 saturated carbocycles. The molecule has 0 bridgehead atoms. The van der Waals surface area contributed by atoms with Crippen molar-refractivity contribution in [3.63, 3.8) is 0 Å². The van der Waals surface area contributed by atoms with Crippen molar-refractivity contribution in [2.75, 3.05) is 29.9 Å². The predicted molar refractivity (Wildman–Crippen MR) is 66.6 cm³/mol. The number of hydrogen-bond acceptors (Lipinski definition) is 3. The van der Waals surface area contributed by atoms with E-state index in [1.54, 1.807) is 0 Å². The van der Waals surface area contributed by atoms with Crippen molar-refractivity contribution in [2.45, 2.75) is 19.3 Å². The van der Waals surface area contributed by atoms with Crippen molar-refractivity contribution in [1.29, 1.82) is 5.26 Å². The molecule has 16 heavy (non-hydrogen) atoms. The summed E-state index contributed by atoms with van der Waals surface area (Å²) in [4.78, 5) is 2.43. The molecule has 2 rings (SSSR count). The summed E-state index contributed by atoms with van der Waals surface area (Å²) in [7, 11) is 0. The highest BCUT2D eigenvalue weighted by Gasteiger charge is 2.10. The molecule has 84 valence electrons. The zero-order chi connectivity index (χ0) is 11.2. The Morgan fingerprint density at radius 3 is 2.44 bits per heavy atom. The molecule has 0 atom stereocenters. The zero-order valence-electron chi connectivity index (χ0n) is 9.45. The van der Waals surface area contributed by atoms with Gasteiger partial charge < -0.3 is 10.2 Å². The Labute approximate surface area is 96.7 Å². The number of nitriles is 1. The Bertz CT molecular complexity index is 358. The van der Waals surface area contributed by atoms with Gasteiger partial charge in [-0.2, -0.15) is 5.26 Å². The van der Waals surface area contributed by atoms with Crippen LogP contribution in [0.4, 0.5) is 11.4 Å². The predicted octanol–water partition coefficient (Wildman–Crippen LogP) is 2.61. The summed E-state index contributed by atoms with van der Waals surface area (Å²) in [5, 5.41) is 11.5. The van der Waals surface area contributed by atoms with Crippen LogP contribution in [0.15, 0.2) is 24.3 Å². The standard InChI is InChI=1S/C13H17N3/c14-8-9-15-12-4-6-13(7-5-12)16-10-2-1-3-11-16/h4-7,15H,1-3,9-11H2. The van der Waals surface area contributed by atoms with Gasteiger partial charge in [0, 0.05) is 24.5 Å². The molecule has 1 aliphatic rings. The fourth-order valence-corrected chi connectivity index (χ4v) is 2.08. The van der Waals surface area contributed by atoms with Gasteiger partial charge in [0.2, 0.25) is 0 Å². The summed E-state index contributed by atoms with van der Waals surface area (Å²) in [5.41, 5.74) is 2.31. The van der Waals surface area contributed by atoms with Crippen LogP contribution in [0.2, 0.25) is 0 Å². The number of piperidine rings is 1. The van der Waals surface area contributed by atoms with E-state index in [0.717, 1.165) is 5.69 Å². The van der Waals surface area contributed by atoms with Crippen LogP contribution in [0.1, 0.15) is 19.3 Å². The van der Waals surface area contributed by atoms with Crippen LogP contribution in [0.3, 0.4) is 0 Å². The van der Waals surface area contributed by atoms with Crippen molar-refractivity contribution < 1.29 is 0 Å². The van der Waals surface area contributed by atoms with E-state index in [0.29, 0.717) is 6.54 Å². The van der Waals surface area contributed by atoms with Gasteiger partial charge in [0.15, 0.2) is 0 Å². The van der Waals surface area contributed by atoms with Crippen LogP contribution >= 0.6 is 0 Å². The number of benzene rings is 1. The molecule has 1 saturated heterocycles. The first kappa shape index (κ1) is 10.8. The maximum atomic E-state index is 8.47. The van der Waals surface area contributed by atoms with Crippen LogP contribution in [0.5, 0.6) is 0 Å². The topological polar surface area (TPSA) is 39.1 Å². The Morgan fingerprint density at radius 1 is 1.12 bits per heavy atom. The van der Waals surface area contributed by atoms with E-state index >= 15 is 0 Å². The summed E-state index contributed by atoms with van der Waals surface area (Å²) in [6.45, 7) is 2.71. The van der Waals surface area contributed by atoms with E-state index in [1.165, 1.54) is 38.0 Å². The molecule has 0 unspecified atom stereocenters. The molecule has 0 radical (unpaired) electrons. The molecular formula is C13H17N3. The smallest absolute Gasteiger partial charge is 0.103 e. The number of rotatable bonds is 3. The van der Waals surface area contributed by atoms with Crippen molar-refractivity contribution in [1.82, 2.24) is 0 Å². The minimum absolute atomic E-state index is 0.364. The first-order valence-corrected chi connectivity index (χ1v) is 5.86. The third-order valence-electron chi connectivity index (χ3n) is 2.96. The largest absolute Gasteiger partial charge is 0.372 e. The van der Waals surface area contributed by atoms with Crippen LogP contribution in [0, 0.1) is 11.3 Å². The van der Waals surface area contributed by atoms with E-state index < -0.39 is 0 Å². The Balaban J connectivity index is 1.98. The molecular weight excluding hydrogens is 198 g/mol. The minimum atomic E-state index is 0.364. The quantitative estimate of drug-likeness (QED) is 0.788. The molecule has 3 nitrogen and oxygen atoms in total. The van der Waals surface area contributed by atoms with Gasteiger partial charge in [-0.15, -0.1) is 0 Å². The normalized spacial score (nSPS) is 15.6. The van der Waals surface area contributed by atoms with Gasteiger partial charge in [0.05, 0.1) is 6.07 Å². The van der Waals surface area contributed by atoms with Gasteiger partial charge in [-0.1, -0.05) is 0 Å². The van der Waals surface area contributed by atoms with Gasteiger partial charge in [0.25, 0.3) is 0 Å². The first-order chi connectivity index (χ1) is 7.90. The second-order valence-electron chi connectivity index (χ2n) is 4.11. The number of anilines is 2. The molecule has 1 aromatic carbocycles. The third-order valence-corrected chi connectivity index (χ3v) is 2.96. The Kier molecular flexibility index (Phi) is 3.66. The minimum Gasteiger partial charge on any atom is -0.372 e. The van der Waals surface area contributed by atoms with E-state index in [2.05, 4.69) is 28.4 Å². The summed E-state index contributed by atoms with van der Waals surface area (Å²) in [6.07, 6.45) is 3.96. The van der Waals surface area contributed by atoms with Crippen molar-refractivity contribution >= 4 is 11.4 Å². The Hall–Kier alpha value is -1.69. The highest BCUT2D eigenvalue weighted by atomic mass is 15.1. The van der Waals surface area contributed by atoms with Crippen molar-refractivity contribution in [2.24, 2.45) is 0 Å². The second kappa shape index (κ2) is 5.41. The highest BCUT2D eigenvalue weighted by Crippen LogP contribution is 2.21. The lowest BCUT2D eigenvalue weighted by Crippen LogP contribution is -2.29. The summed E-state index contributed by atoms with van der Waals surface area (Å²) < 4.78 is 0. The molecule has 1 heterocycles. The molecule has 1 N–H and O–H groups in total. The second-order valence-corrected chi connectivity index (χ2v) is 4.11.